The Labute approximate surface area is 123 Å². The molecule has 2 aliphatic heterocycles. The van der Waals surface area contributed by atoms with Crippen molar-refractivity contribution in [3.8, 4) is 0 Å². The monoisotopic (exact) mass is 295 g/mol. The third-order valence-corrected chi connectivity index (χ3v) is 5.10. The van der Waals surface area contributed by atoms with Gasteiger partial charge in [-0.25, -0.2) is 4.98 Å². The lowest BCUT2D eigenvalue weighted by Crippen LogP contribution is -2.30. The largest absolute Gasteiger partial charge is 0.381 e. The highest BCUT2D eigenvalue weighted by Gasteiger charge is 2.23. The standard InChI is InChI=1S/C14H21N3O2S/c18-13(11-2-1-7-19-9-11)17-14-16-8-12(20-14)10-3-5-15-6-4-10/h8,10-11,15H,1-7,9H2,(H,16,17,18). The highest BCUT2D eigenvalue weighted by Crippen LogP contribution is 2.32. The smallest absolute Gasteiger partial charge is 0.231 e. The number of hydrogen-bond donors (Lipinski definition) is 2. The molecule has 0 saturated carbocycles. The van der Waals surface area contributed by atoms with Crippen LogP contribution >= 0.6 is 11.3 Å². The molecule has 3 rings (SSSR count). The predicted octanol–water partition coefficient (Wildman–Crippen LogP) is 1.98. The van der Waals surface area contributed by atoms with Crippen LogP contribution < -0.4 is 10.6 Å². The molecule has 2 fully saturated rings. The van der Waals surface area contributed by atoms with Gasteiger partial charge < -0.3 is 15.4 Å². The average molecular weight is 295 g/mol. The predicted molar refractivity (Wildman–Crippen MR) is 79.1 cm³/mol. The van der Waals surface area contributed by atoms with Crippen LogP contribution in [0.5, 0.6) is 0 Å². The Hall–Kier alpha value is -0.980. The summed E-state index contributed by atoms with van der Waals surface area (Å²) in [6, 6.07) is 0. The first-order chi connectivity index (χ1) is 9.83. The van der Waals surface area contributed by atoms with Crippen LogP contribution in [0.15, 0.2) is 6.20 Å². The van der Waals surface area contributed by atoms with E-state index in [4.69, 9.17) is 4.74 Å². The normalized spacial score (nSPS) is 24.5. The number of carbonyl (C=O) groups excluding carboxylic acids is 1. The summed E-state index contributed by atoms with van der Waals surface area (Å²) in [6.45, 7) is 3.46. The van der Waals surface area contributed by atoms with Crippen LogP contribution in [0.25, 0.3) is 0 Å². The number of amides is 1. The van der Waals surface area contributed by atoms with Crippen molar-refractivity contribution in [3.63, 3.8) is 0 Å². The topological polar surface area (TPSA) is 63.2 Å². The minimum Gasteiger partial charge on any atom is -0.381 e. The quantitative estimate of drug-likeness (QED) is 0.895. The van der Waals surface area contributed by atoms with Gasteiger partial charge in [-0.3, -0.25) is 4.79 Å². The third-order valence-electron chi connectivity index (χ3n) is 4.03. The van der Waals surface area contributed by atoms with Crippen molar-refractivity contribution in [1.29, 1.82) is 0 Å². The molecule has 1 atom stereocenters. The van der Waals surface area contributed by atoms with Gasteiger partial charge in [0.1, 0.15) is 0 Å². The van der Waals surface area contributed by atoms with Gasteiger partial charge in [0.15, 0.2) is 5.13 Å². The first kappa shape index (κ1) is 14.0. The molecular weight excluding hydrogens is 274 g/mol. The molecule has 1 amide bonds. The highest BCUT2D eigenvalue weighted by atomic mass is 32.1. The van der Waals surface area contributed by atoms with E-state index in [0.717, 1.165) is 50.5 Å². The zero-order valence-electron chi connectivity index (χ0n) is 11.6. The summed E-state index contributed by atoms with van der Waals surface area (Å²) in [6.07, 6.45) is 6.13. The summed E-state index contributed by atoms with van der Waals surface area (Å²) in [5.41, 5.74) is 0. The second kappa shape index (κ2) is 6.65. The molecule has 3 heterocycles. The minimum atomic E-state index is -0.0185. The molecule has 6 heteroatoms. The zero-order valence-corrected chi connectivity index (χ0v) is 12.4. The van der Waals surface area contributed by atoms with Crippen LogP contribution in [-0.4, -0.2) is 37.2 Å². The van der Waals surface area contributed by atoms with E-state index in [1.165, 1.54) is 4.88 Å². The molecule has 0 aromatic carbocycles. The molecule has 5 nitrogen and oxygen atoms in total. The summed E-state index contributed by atoms with van der Waals surface area (Å²) >= 11 is 1.62. The highest BCUT2D eigenvalue weighted by molar-refractivity contribution is 7.15. The Morgan fingerprint density at radius 2 is 2.25 bits per heavy atom. The third kappa shape index (κ3) is 3.37. The number of rotatable bonds is 3. The summed E-state index contributed by atoms with van der Waals surface area (Å²) in [5.74, 6) is 0.628. The molecule has 2 saturated heterocycles. The number of aromatic nitrogens is 1. The van der Waals surface area contributed by atoms with Gasteiger partial charge in [0.25, 0.3) is 0 Å². The van der Waals surface area contributed by atoms with Crippen molar-refractivity contribution in [1.82, 2.24) is 10.3 Å². The molecule has 2 N–H and O–H groups in total. The van der Waals surface area contributed by atoms with E-state index in [2.05, 4.69) is 15.6 Å². The van der Waals surface area contributed by atoms with Crippen molar-refractivity contribution in [3.05, 3.63) is 11.1 Å². The molecule has 0 bridgehead atoms. The van der Waals surface area contributed by atoms with Gasteiger partial charge in [0, 0.05) is 17.7 Å². The zero-order chi connectivity index (χ0) is 13.8. The fraction of sp³-hybridized carbons (Fsp3) is 0.714. The van der Waals surface area contributed by atoms with E-state index in [1.54, 1.807) is 11.3 Å². The summed E-state index contributed by atoms with van der Waals surface area (Å²) in [7, 11) is 0. The van der Waals surface area contributed by atoms with Crippen LogP contribution in [-0.2, 0) is 9.53 Å². The Balaban J connectivity index is 1.57. The lowest BCUT2D eigenvalue weighted by atomic mass is 9.97. The Morgan fingerprint density at radius 3 is 3.00 bits per heavy atom. The van der Waals surface area contributed by atoms with E-state index in [1.807, 2.05) is 6.20 Å². The lowest BCUT2D eigenvalue weighted by Gasteiger charge is -2.21. The average Bonchev–Trinajstić information content (AvgIpc) is 2.97. The SMILES string of the molecule is O=C(Nc1ncc(C2CCNCC2)s1)C1CCCOC1. The molecule has 110 valence electrons. The van der Waals surface area contributed by atoms with Gasteiger partial charge in [0.2, 0.25) is 5.91 Å². The summed E-state index contributed by atoms with van der Waals surface area (Å²) in [4.78, 5) is 17.8. The maximum absolute atomic E-state index is 12.1. The Morgan fingerprint density at radius 1 is 1.40 bits per heavy atom. The second-order valence-electron chi connectivity index (χ2n) is 5.50. The van der Waals surface area contributed by atoms with Gasteiger partial charge in [-0.15, -0.1) is 11.3 Å². The molecule has 0 spiro atoms. The van der Waals surface area contributed by atoms with E-state index < -0.39 is 0 Å². The number of piperidine rings is 1. The van der Waals surface area contributed by atoms with E-state index in [-0.39, 0.29) is 11.8 Å². The number of nitrogens with zero attached hydrogens (tertiary/aromatic N) is 1. The first-order valence-electron chi connectivity index (χ1n) is 7.38. The molecule has 20 heavy (non-hydrogen) atoms. The van der Waals surface area contributed by atoms with E-state index in [0.29, 0.717) is 12.5 Å². The van der Waals surface area contributed by atoms with Gasteiger partial charge in [0.05, 0.1) is 12.5 Å². The molecule has 0 aliphatic carbocycles. The Bertz CT molecular complexity index is 451. The summed E-state index contributed by atoms with van der Waals surface area (Å²) < 4.78 is 5.36. The number of thiazole rings is 1. The van der Waals surface area contributed by atoms with Crippen molar-refractivity contribution in [2.24, 2.45) is 5.92 Å². The van der Waals surface area contributed by atoms with Gasteiger partial charge >= 0.3 is 0 Å². The van der Waals surface area contributed by atoms with Crippen LogP contribution in [0, 0.1) is 5.92 Å². The van der Waals surface area contributed by atoms with Crippen molar-refractivity contribution in [2.75, 3.05) is 31.6 Å². The number of ether oxygens (including phenoxy) is 1. The fourth-order valence-electron chi connectivity index (χ4n) is 2.79. The summed E-state index contributed by atoms with van der Waals surface area (Å²) in [5, 5.41) is 7.04. The molecule has 1 aromatic rings. The van der Waals surface area contributed by atoms with Crippen LogP contribution in [0.4, 0.5) is 5.13 Å². The van der Waals surface area contributed by atoms with E-state index in [9.17, 15) is 4.79 Å². The maximum Gasteiger partial charge on any atom is 0.231 e. The molecule has 0 radical (unpaired) electrons. The van der Waals surface area contributed by atoms with Crippen molar-refractivity contribution >= 4 is 22.4 Å². The van der Waals surface area contributed by atoms with Gasteiger partial charge in [-0.2, -0.15) is 0 Å². The minimum absolute atomic E-state index is 0.0185. The second-order valence-corrected chi connectivity index (χ2v) is 6.56. The lowest BCUT2D eigenvalue weighted by molar-refractivity contribution is -0.123. The molecule has 2 aliphatic rings. The number of anilines is 1. The van der Waals surface area contributed by atoms with E-state index >= 15 is 0 Å². The molecule has 1 aromatic heterocycles. The number of nitrogens with one attached hydrogen (secondary N) is 2. The molecular formula is C14H21N3O2S. The van der Waals surface area contributed by atoms with Gasteiger partial charge in [-0.1, -0.05) is 0 Å². The number of carbonyl (C=O) groups is 1. The van der Waals surface area contributed by atoms with Crippen LogP contribution in [0.1, 0.15) is 36.5 Å². The number of hydrogen-bond acceptors (Lipinski definition) is 5. The first-order valence-corrected chi connectivity index (χ1v) is 8.19. The van der Waals surface area contributed by atoms with Crippen LogP contribution in [0.2, 0.25) is 0 Å². The molecule has 1 unspecified atom stereocenters. The van der Waals surface area contributed by atoms with Crippen molar-refractivity contribution in [2.45, 2.75) is 31.6 Å². The Kier molecular flexibility index (Phi) is 4.65. The maximum atomic E-state index is 12.1. The van der Waals surface area contributed by atoms with Crippen molar-refractivity contribution < 1.29 is 9.53 Å². The van der Waals surface area contributed by atoms with Gasteiger partial charge in [-0.05, 0) is 44.7 Å². The van der Waals surface area contributed by atoms with Crippen LogP contribution in [0.3, 0.4) is 0 Å². The fourth-order valence-corrected chi connectivity index (χ4v) is 3.78.